The molecule has 1 aliphatic rings. The van der Waals surface area contributed by atoms with E-state index in [-0.39, 0.29) is 5.82 Å². The summed E-state index contributed by atoms with van der Waals surface area (Å²) >= 11 is 0. The monoisotopic (exact) mass is 322 g/mol. The van der Waals surface area contributed by atoms with Crippen LogP contribution in [0, 0.1) is 11.7 Å². The Bertz CT molecular complexity index is 458. The Labute approximate surface area is 140 Å². The minimum Gasteiger partial charge on any atom is -0.383 e. The fourth-order valence-corrected chi connectivity index (χ4v) is 3.34. The van der Waals surface area contributed by atoms with E-state index < -0.39 is 0 Å². The fourth-order valence-electron chi connectivity index (χ4n) is 3.34. The van der Waals surface area contributed by atoms with Crippen molar-refractivity contribution in [3.63, 3.8) is 0 Å². The molecule has 1 aliphatic heterocycles. The van der Waals surface area contributed by atoms with E-state index in [9.17, 15) is 4.39 Å². The minimum absolute atomic E-state index is 0.107. The van der Waals surface area contributed by atoms with Crippen molar-refractivity contribution >= 4 is 0 Å². The Balaban J connectivity index is 1.90. The van der Waals surface area contributed by atoms with Gasteiger partial charge in [0.25, 0.3) is 0 Å². The third-order valence-electron chi connectivity index (χ3n) is 4.86. The normalized spacial score (nSPS) is 17.3. The predicted octanol–water partition coefficient (Wildman–Crippen LogP) is 3.39. The van der Waals surface area contributed by atoms with E-state index in [4.69, 9.17) is 4.74 Å². The molecule has 0 unspecified atom stereocenters. The summed E-state index contributed by atoms with van der Waals surface area (Å²) in [5.74, 6) is 0.596. The number of piperidine rings is 1. The minimum atomic E-state index is -0.107. The van der Waals surface area contributed by atoms with Gasteiger partial charge < -0.3 is 9.64 Å². The molecule has 0 aliphatic carbocycles. The Morgan fingerprint density at radius 3 is 2.57 bits per heavy atom. The van der Waals surface area contributed by atoms with Crippen molar-refractivity contribution in [1.82, 2.24) is 9.80 Å². The van der Waals surface area contributed by atoms with Crippen molar-refractivity contribution in [2.24, 2.45) is 5.92 Å². The second kappa shape index (κ2) is 9.36. The molecule has 0 bridgehead atoms. The zero-order chi connectivity index (χ0) is 16.7. The lowest BCUT2D eigenvalue weighted by atomic mass is 9.95. The van der Waals surface area contributed by atoms with Gasteiger partial charge in [-0.1, -0.05) is 18.2 Å². The molecule has 0 spiro atoms. The smallest absolute Gasteiger partial charge is 0.127 e. The average Bonchev–Trinajstić information content (AvgIpc) is 2.55. The van der Waals surface area contributed by atoms with Gasteiger partial charge in [0, 0.05) is 38.3 Å². The Morgan fingerprint density at radius 1 is 1.26 bits per heavy atom. The van der Waals surface area contributed by atoms with E-state index in [2.05, 4.69) is 23.6 Å². The van der Waals surface area contributed by atoms with Crippen LogP contribution in [-0.2, 0) is 11.3 Å². The van der Waals surface area contributed by atoms with Crippen molar-refractivity contribution in [3.8, 4) is 0 Å². The van der Waals surface area contributed by atoms with E-state index in [0.29, 0.717) is 25.1 Å². The highest BCUT2D eigenvalue weighted by atomic mass is 19.1. The average molecular weight is 322 g/mol. The highest BCUT2D eigenvalue weighted by molar-refractivity contribution is 5.17. The molecular formula is C19H31FN2O. The van der Waals surface area contributed by atoms with Gasteiger partial charge in [0.1, 0.15) is 5.82 Å². The Morgan fingerprint density at radius 2 is 1.96 bits per heavy atom. The van der Waals surface area contributed by atoms with E-state index in [1.807, 2.05) is 12.1 Å². The lowest BCUT2D eigenvalue weighted by Crippen LogP contribution is -2.42. The highest BCUT2D eigenvalue weighted by Gasteiger charge is 2.23. The van der Waals surface area contributed by atoms with Gasteiger partial charge in [0.15, 0.2) is 0 Å². The number of ether oxygens (including phenoxy) is 1. The summed E-state index contributed by atoms with van der Waals surface area (Å²) in [5.41, 5.74) is 0.781. The van der Waals surface area contributed by atoms with E-state index >= 15 is 0 Å². The number of rotatable bonds is 8. The molecule has 1 heterocycles. The molecule has 1 fully saturated rings. The molecule has 1 aromatic rings. The molecule has 0 atom stereocenters. The van der Waals surface area contributed by atoms with Crippen LogP contribution in [0.4, 0.5) is 4.39 Å². The number of nitrogens with zero attached hydrogens (tertiary/aromatic N) is 2. The van der Waals surface area contributed by atoms with Gasteiger partial charge in [-0.15, -0.1) is 0 Å². The van der Waals surface area contributed by atoms with Crippen LogP contribution >= 0.6 is 0 Å². The van der Waals surface area contributed by atoms with E-state index in [1.165, 1.54) is 25.9 Å². The van der Waals surface area contributed by atoms with Gasteiger partial charge in [-0.2, -0.15) is 0 Å². The maximum Gasteiger partial charge on any atom is 0.127 e. The molecule has 1 aromatic carbocycles. The molecule has 0 amide bonds. The molecule has 2 rings (SSSR count). The lowest BCUT2D eigenvalue weighted by Gasteiger charge is -2.36. The molecule has 4 heteroatoms. The maximum atomic E-state index is 13.9. The SMILES string of the molecule is COCCN(Cc1ccccc1F)CC1CCN(C(C)C)CC1. The first-order valence-corrected chi connectivity index (χ1v) is 8.79. The second-order valence-electron chi connectivity index (χ2n) is 6.89. The maximum absolute atomic E-state index is 13.9. The van der Waals surface area contributed by atoms with Crippen molar-refractivity contribution < 1.29 is 9.13 Å². The number of benzene rings is 1. The number of likely N-dealkylation sites (tertiary alicyclic amines) is 1. The molecule has 23 heavy (non-hydrogen) atoms. The Hall–Kier alpha value is -0.970. The summed E-state index contributed by atoms with van der Waals surface area (Å²) in [6.45, 7) is 10.1. The van der Waals surface area contributed by atoms with Crippen LogP contribution in [0.3, 0.4) is 0 Å². The Kier molecular flexibility index (Phi) is 7.47. The van der Waals surface area contributed by atoms with Crippen LogP contribution in [0.1, 0.15) is 32.3 Å². The summed E-state index contributed by atoms with van der Waals surface area (Å²) < 4.78 is 19.2. The first kappa shape index (κ1) is 18.4. The van der Waals surface area contributed by atoms with E-state index in [1.54, 1.807) is 19.2 Å². The van der Waals surface area contributed by atoms with Gasteiger partial charge in [0.2, 0.25) is 0 Å². The van der Waals surface area contributed by atoms with Crippen LogP contribution in [0.15, 0.2) is 24.3 Å². The van der Waals surface area contributed by atoms with Crippen molar-refractivity contribution in [2.75, 3.05) is 39.9 Å². The molecular weight excluding hydrogens is 291 g/mol. The summed E-state index contributed by atoms with van der Waals surface area (Å²) in [5, 5.41) is 0. The van der Waals surface area contributed by atoms with Gasteiger partial charge in [-0.3, -0.25) is 4.90 Å². The number of hydrogen-bond donors (Lipinski definition) is 0. The molecule has 3 nitrogen and oxygen atoms in total. The summed E-state index contributed by atoms with van der Waals surface area (Å²) in [7, 11) is 1.72. The first-order valence-electron chi connectivity index (χ1n) is 8.79. The quantitative estimate of drug-likeness (QED) is 0.729. The third-order valence-corrected chi connectivity index (χ3v) is 4.86. The molecule has 0 N–H and O–H groups in total. The van der Waals surface area contributed by atoms with Gasteiger partial charge in [-0.05, 0) is 51.8 Å². The fraction of sp³-hybridized carbons (Fsp3) is 0.684. The molecule has 1 saturated heterocycles. The summed E-state index contributed by atoms with van der Waals surface area (Å²) in [4.78, 5) is 4.89. The third kappa shape index (κ3) is 5.87. The summed E-state index contributed by atoms with van der Waals surface area (Å²) in [6, 6.07) is 7.73. The standard InChI is InChI=1S/C19H31FN2O/c1-16(2)22-10-8-17(9-11-22)14-21(12-13-23-3)15-18-6-4-5-7-19(18)20/h4-7,16-17H,8-15H2,1-3H3. The van der Waals surface area contributed by atoms with Crippen LogP contribution < -0.4 is 0 Å². The van der Waals surface area contributed by atoms with Crippen molar-refractivity contribution in [2.45, 2.75) is 39.3 Å². The zero-order valence-electron chi connectivity index (χ0n) is 14.8. The van der Waals surface area contributed by atoms with Gasteiger partial charge in [-0.25, -0.2) is 4.39 Å². The van der Waals surface area contributed by atoms with E-state index in [0.717, 1.165) is 18.7 Å². The summed E-state index contributed by atoms with van der Waals surface area (Å²) in [6.07, 6.45) is 2.47. The van der Waals surface area contributed by atoms with Crippen LogP contribution in [0.2, 0.25) is 0 Å². The van der Waals surface area contributed by atoms with Crippen molar-refractivity contribution in [1.29, 1.82) is 0 Å². The van der Waals surface area contributed by atoms with Gasteiger partial charge >= 0.3 is 0 Å². The molecule has 130 valence electrons. The number of methoxy groups -OCH3 is 1. The number of hydrogen-bond acceptors (Lipinski definition) is 3. The highest BCUT2D eigenvalue weighted by Crippen LogP contribution is 2.21. The first-order chi connectivity index (χ1) is 11.1. The van der Waals surface area contributed by atoms with Crippen LogP contribution in [0.5, 0.6) is 0 Å². The molecule has 0 saturated carbocycles. The molecule has 0 radical (unpaired) electrons. The zero-order valence-corrected chi connectivity index (χ0v) is 14.8. The number of halogens is 1. The van der Waals surface area contributed by atoms with Crippen LogP contribution in [0.25, 0.3) is 0 Å². The van der Waals surface area contributed by atoms with Gasteiger partial charge in [0.05, 0.1) is 6.61 Å². The largest absolute Gasteiger partial charge is 0.383 e. The predicted molar refractivity (Wildman–Crippen MR) is 93.0 cm³/mol. The second-order valence-corrected chi connectivity index (χ2v) is 6.89. The molecule has 0 aromatic heterocycles. The van der Waals surface area contributed by atoms with Crippen LogP contribution in [-0.4, -0.2) is 55.7 Å². The topological polar surface area (TPSA) is 15.7 Å². The van der Waals surface area contributed by atoms with Crippen molar-refractivity contribution in [3.05, 3.63) is 35.6 Å². The lowest BCUT2D eigenvalue weighted by molar-refractivity contribution is 0.0980.